The molecule has 0 bridgehead atoms. The lowest BCUT2D eigenvalue weighted by molar-refractivity contribution is 0.560. The minimum absolute atomic E-state index is 0.0633. The summed E-state index contributed by atoms with van der Waals surface area (Å²) in [4.78, 5) is 8.89. The normalized spacial score (nSPS) is 18.5. The van der Waals surface area contributed by atoms with Gasteiger partial charge in [0.1, 0.15) is 0 Å². The Morgan fingerprint density at radius 2 is 1.96 bits per heavy atom. The molecule has 136 valence electrons. The highest BCUT2D eigenvalue weighted by Gasteiger charge is 2.27. The minimum atomic E-state index is -3.26. The third-order valence-electron chi connectivity index (χ3n) is 4.58. The second kappa shape index (κ2) is 7.51. The molecule has 2 aromatic rings. The fourth-order valence-corrected chi connectivity index (χ4v) is 4.16. The van der Waals surface area contributed by atoms with Gasteiger partial charge in [-0.1, -0.05) is 36.2 Å². The van der Waals surface area contributed by atoms with Crippen molar-refractivity contribution in [1.29, 1.82) is 0 Å². The summed E-state index contributed by atoms with van der Waals surface area (Å²) in [6.07, 6.45) is 7.04. The smallest absolute Gasteiger partial charge is 0.177 e. The first-order chi connectivity index (χ1) is 12.3. The van der Waals surface area contributed by atoms with Gasteiger partial charge < -0.3 is 0 Å². The Morgan fingerprint density at radius 1 is 1.19 bits per heavy atom. The summed E-state index contributed by atoms with van der Waals surface area (Å²) in [5.74, 6) is 0.191. The molecule has 0 saturated carbocycles. The first-order valence-corrected chi connectivity index (χ1v) is 10.7. The lowest BCUT2D eigenvalue weighted by Gasteiger charge is -2.27. The van der Waals surface area contributed by atoms with Crippen molar-refractivity contribution < 1.29 is 8.42 Å². The van der Waals surface area contributed by atoms with Gasteiger partial charge in [-0.3, -0.25) is 9.98 Å². The van der Waals surface area contributed by atoms with E-state index in [2.05, 4.69) is 16.9 Å². The van der Waals surface area contributed by atoms with Crippen molar-refractivity contribution in [3.8, 4) is 0 Å². The molecule has 7 heteroatoms. The number of aliphatic imine (C=N–C) groups is 1. The summed E-state index contributed by atoms with van der Waals surface area (Å²) in [5, 5.41) is 1.17. The fraction of sp³-hybridized carbons (Fsp3) is 0.263. The van der Waals surface area contributed by atoms with E-state index in [0.717, 1.165) is 23.3 Å². The van der Waals surface area contributed by atoms with Gasteiger partial charge >= 0.3 is 0 Å². The predicted molar refractivity (Wildman–Crippen MR) is 107 cm³/mol. The first-order valence-electron chi connectivity index (χ1n) is 8.10. The fourth-order valence-electron chi connectivity index (χ4n) is 3.08. The molecule has 26 heavy (non-hydrogen) atoms. The van der Waals surface area contributed by atoms with Gasteiger partial charge in [-0.2, -0.15) is 0 Å². The molecule has 4 nitrogen and oxygen atoms in total. The monoisotopic (exact) mass is 408 g/mol. The van der Waals surface area contributed by atoms with Gasteiger partial charge in [0, 0.05) is 46.5 Å². The number of nitrogens with zero attached hydrogens (tertiary/aromatic N) is 2. The van der Waals surface area contributed by atoms with Crippen molar-refractivity contribution in [3.63, 3.8) is 0 Å². The number of sulfone groups is 1. The Morgan fingerprint density at radius 3 is 2.58 bits per heavy atom. The van der Waals surface area contributed by atoms with Crippen LogP contribution in [0.15, 0.2) is 52.6 Å². The van der Waals surface area contributed by atoms with Crippen LogP contribution in [0.2, 0.25) is 10.0 Å². The Balaban J connectivity index is 1.94. The lowest BCUT2D eigenvalue weighted by atomic mass is 9.79. The summed E-state index contributed by atoms with van der Waals surface area (Å²) in [6, 6.07) is 8.80. The zero-order valence-corrected chi connectivity index (χ0v) is 16.7. The molecule has 1 aromatic carbocycles. The molecule has 0 N–H and O–H groups in total. The number of benzene rings is 1. The van der Waals surface area contributed by atoms with E-state index in [1.54, 1.807) is 18.2 Å². The van der Waals surface area contributed by atoms with Crippen LogP contribution < -0.4 is 0 Å². The molecular weight excluding hydrogens is 391 g/mol. The van der Waals surface area contributed by atoms with Crippen LogP contribution in [0.25, 0.3) is 5.57 Å². The standard InChI is InChI=1S/C19H18Cl2N2O2S/c1-12(19-6-4-14(10-23-19)26(2,24)25)15-7-8-22-11-17(15)16-5-3-13(20)9-18(16)21/h3-6,8-12,15H,7H2,1-2H3. The maximum absolute atomic E-state index is 11.6. The van der Waals surface area contributed by atoms with Crippen LogP contribution in [0.4, 0.5) is 0 Å². The van der Waals surface area contributed by atoms with Gasteiger partial charge in [0.15, 0.2) is 9.84 Å². The Hall–Kier alpha value is -1.69. The number of aromatic nitrogens is 1. The number of pyridine rings is 1. The van der Waals surface area contributed by atoms with Crippen LogP contribution in [0.1, 0.15) is 30.5 Å². The van der Waals surface area contributed by atoms with Crippen molar-refractivity contribution in [1.82, 2.24) is 4.98 Å². The number of hydrogen-bond donors (Lipinski definition) is 0. The van der Waals surface area contributed by atoms with Crippen LogP contribution in [-0.2, 0) is 9.84 Å². The largest absolute Gasteiger partial charge is 0.269 e. The van der Waals surface area contributed by atoms with Crippen LogP contribution in [0.5, 0.6) is 0 Å². The zero-order chi connectivity index (χ0) is 18.9. The maximum Gasteiger partial charge on any atom is 0.177 e. The van der Waals surface area contributed by atoms with E-state index in [9.17, 15) is 8.42 Å². The highest BCUT2D eigenvalue weighted by Crippen LogP contribution is 2.41. The molecule has 0 aliphatic carbocycles. The number of hydrogen-bond acceptors (Lipinski definition) is 4. The molecule has 2 unspecified atom stereocenters. The van der Waals surface area contributed by atoms with Gasteiger partial charge in [0.25, 0.3) is 0 Å². The van der Waals surface area contributed by atoms with E-state index in [0.29, 0.717) is 10.0 Å². The molecule has 1 aromatic heterocycles. The SMILES string of the molecule is CC(c1ccc(S(C)(=O)=O)cn1)C1CC=NC=C1c1ccc(Cl)cc1Cl. The second-order valence-corrected chi connectivity index (χ2v) is 9.22. The average molecular weight is 409 g/mol. The molecule has 1 aliphatic rings. The molecule has 0 fully saturated rings. The minimum Gasteiger partial charge on any atom is -0.269 e. The maximum atomic E-state index is 11.6. The van der Waals surface area contributed by atoms with Gasteiger partial charge in [-0.15, -0.1) is 0 Å². The van der Waals surface area contributed by atoms with Crippen molar-refractivity contribution >= 4 is 44.8 Å². The Kier molecular flexibility index (Phi) is 5.51. The van der Waals surface area contributed by atoms with Crippen molar-refractivity contribution in [2.24, 2.45) is 10.9 Å². The predicted octanol–water partition coefficient (Wildman–Crippen LogP) is 5.03. The Labute approximate surface area is 163 Å². The van der Waals surface area contributed by atoms with Gasteiger partial charge in [0.05, 0.1) is 4.90 Å². The third kappa shape index (κ3) is 4.00. The average Bonchev–Trinajstić information content (AvgIpc) is 2.61. The van der Waals surface area contributed by atoms with Gasteiger partial charge in [-0.25, -0.2) is 8.42 Å². The zero-order valence-electron chi connectivity index (χ0n) is 14.4. The van der Waals surface area contributed by atoms with Crippen LogP contribution in [0.3, 0.4) is 0 Å². The molecule has 1 aliphatic heterocycles. The van der Waals surface area contributed by atoms with E-state index >= 15 is 0 Å². The molecule has 3 rings (SSSR count). The van der Waals surface area contributed by atoms with Gasteiger partial charge in [0.2, 0.25) is 0 Å². The molecule has 0 spiro atoms. The summed E-state index contributed by atoms with van der Waals surface area (Å²) >= 11 is 12.4. The Bertz CT molecular complexity index is 983. The molecule has 0 amide bonds. The van der Waals surface area contributed by atoms with Crippen molar-refractivity contribution in [3.05, 3.63) is 64.0 Å². The van der Waals surface area contributed by atoms with E-state index in [1.165, 1.54) is 12.5 Å². The first kappa shape index (κ1) is 19.1. The highest BCUT2D eigenvalue weighted by molar-refractivity contribution is 7.90. The third-order valence-corrected chi connectivity index (χ3v) is 6.22. The van der Waals surface area contributed by atoms with Crippen LogP contribution >= 0.6 is 23.2 Å². The van der Waals surface area contributed by atoms with E-state index in [1.807, 2.05) is 24.5 Å². The van der Waals surface area contributed by atoms with Crippen LogP contribution in [-0.4, -0.2) is 25.9 Å². The van der Waals surface area contributed by atoms with Crippen molar-refractivity contribution in [2.75, 3.05) is 6.26 Å². The highest BCUT2D eigenvalue weighted by atomic mass is 35.5. The molecule has 0 saturated heterocycles. The summed E-state index contributed by atoms with van der Waals surface area (Å²) in [7, 11) is -3.26. The van der Waals surface area contributed by atoms with Crippen molar-refractivity contribution in [2.45, 2.75) is 24.2 Å². The molecule has 0 radical (unpaired) electrons. The summed E-state index contributed by atoms with van der Waals surface area (Å²) < 4.78 is 23.3. The summed E-state index contributed by atoms with van der Waals surface area (Å²) in [5.41, 5.74) is 2.75. The van der Waals surface area contributed by atoms with E-state index in [-0.39, 0.29) is 16.7 Å². The second-order valence-electron chi connectivity index (χ2n) is 6.36. The number of rotatable bonds is 4. The number of halogens is 2. The molecular formula is C19H18Cl2N2O2S. The lowest BCUT2D eigenvalue weighted by Crippen LogP contribution is -2.16. The van der Waals surface area contributed by atoms with Crippen LogP contribution in [0, 0.1) is 5.92 Å². The quantitative estimate of drug-likeness (QED) is 0.712. The molecule has 2 heterocycles. The number of allylic oxidation sites excluding steroid dienone is 1. The van der Waals surface area contributed by atoms with E-state index < -0.39 is 9.84 Å². The topological polar surface area (TPSA) is 59.4 Å². The van der Waals surface area contributed by atoms with Gasteiger partial charge in [-0.05, 0) is 47.7 Å². The molecule has 2 atom stereocenters. The summed E-state index contributed by atoms with van der Waals surface area (Å²) in [6.45, 7) is 2.07. The van der Waals surface area contributed by atoms with E-state index in [4.69, 9.17) is 23.2 Å².